The fourth-order valence-corrected chi connectivity index (χ4v) is 4.34. The SMILES string of the molecule is O=C1OC2(CCC(C(=O)Nc3ncc(-c4ccc(F)cc4)cn3)CC2)c2cnccc21. The molecule has 3 heterocycles. The Morgan fingerprint density at radius 3 is 2.45 bits per heavy atom. The number of esters is 1. The smallest absolute Gasteiger partial charge is 0.339 e. The van der Waals surface area contributed by atoms with Gasteiger partial charge in [0.2, 0.25) is 11.9 Å². The van der Waals surface area contributed by atoms with Crippen LogP contribution in [0.15, 0.2) is 55.1 Å². The second kappa shape index (κ2) is 7.54. The number of carbonyl (C=O) groups excluding carboxylic acids is 2. The Morgan fingerprint density at radius 2 is 1.74 bits per heavy atom. The summed E-state index contributed by atoms with van der Waals surface area (Å²) in [5.41, 5.74) is 2.22. The van der Waals surface area contributed by atoms with Crippen LogP contribution in [0.5, 0.6) is 0 Å². The van der Waals surface area contributed by atoms with Gasteiger partial charge in [-0.1, -0.05) is 12.1 Å². The molecule has 5 rings (SSSR count). The summed E-state index contributed by atoms with van der Waals surface area (Å²) >= 11 is 0. The van der Waals surface area contributed by atoms with E-state index in [1.165, 1.54) is 12.1 Å². The number of nitrogens with zero attached hydrogens (tertiary/aromatic N) is 3. The van der Waals surface area contributed by atoms with E-state index in [0.717, 1.165) is 16.7 Å². The molecule has 0 radical (unpaired) electrons. The summed E-state index contributed by atoms with van der Waals surface area (Å²) in [7, 11) is 0. The highest BCUT2D eigenvalue weighted by Gasteiger charge is 2.48. The molecule has 156 valence electrons. The molecule has 0 saturated heterocycles. The van der Waals surface area contributed by atoms with Crippen molar-refractivity contribution in [2.45, 2.75) is 31.3 Å². The van der Waals surface area contributed by atoms with Gasteiger partial charge in [0.1, 0.15) is 11.4 Å². The lowest BCUT2D eigenvalue weighted by Crippen LogP contribution is -2.36. The highest BCUT2D eigenvalue weighted by atomic mass is 19.1. The van der Waals surface area contributed by atoms with Gasteiger partial charge in [0.25, 0.3) is 0 Å². The number of nitrogens with one attached hydrogen (secondary N) is 1. The largest absolute Gasteiger partial charge is 0.450 e. The quantitative estimate of drug-likeness (QED) is 0.649. The number of ether oxygens (including phenoxy) is 1. The van der Waals surface area contributed by atoms with Gasteiger partial charge in [0.15, 0.2) is 0 Å². The van der Waals surface area contributed by atoms with Crippen molar-refractivity contribution >= 4 is 17.8 Å². The van der Waals surface area contributed by atoms with Crippen molar-refractivity contribution in [3.63, 3.8) is 0 Å². The van der Waals surface area contributed by atoms with Crippen LogP contribution in [0, 0.1) is 11.7 Å². The van der Waals surface area contributed by atoms with Gasteiger partial charge in [0, 0.05) is 41.8 Å². The van der Waals surface area contributed by atoms with Crippen LogP contribution in [-0.2, 0) is 15.1 Å². The molecule has 1 aliphatic carbocycles. The van der Waals surface area contributed by atoms with E-state index >= 15 is 0 Å². The van der Waals surface area contributed by atoms with Crippen molar-refractivity contribution in [2.24, 2.45) is 5.92 Å². The molecule has 1 spiro atoms. The molecule has 1 amide bonds. The number of rotatable bonds is 3. The minimum Gasteiger partial charge on any atom is -0.450 e. The summed E-state index contributed by atoms with van der Waals surface area (Å²) in [5, 5.41) is 2.77. The van der Waals surface area contributed by atoms with Crippen LogP contribution >= 0.6 is 0 Å². The highest BCUT2D eigenvalue weighted by Crippen LogP contribution is 2.47. The second-order valence-corrected chi connectivity index (χ2v) is 7.87. The topological polar surface area (TPSA) is 94.1 Å². The van der Waals surface area contributed by atoms with E-state index in [2.05, 4.69) is 20.3 Å². The van der Waals surface area contributed by atoms with Crippen LogP contribution in [0.4, 0.5) is 10.3 Å². The third kappa shape index (κ3) is 3.54. The summed E-state index contributed by atoms with van der Waals surface area (Å²) in [5.74, 6) is -0.784. The minimum absolute atomic E-state index is 0.153. The Kier molecular flexibility index (Phi) is 4.69. The third-order valence-electron chi connectivity index (χ3n) is 6.05. The number of amides is 1. The van der Waals surface area contributed by atoms with Crippen molar-refractivity contribution < 1.29 is 18.7 Å². The van der Waals surface area contributed by atoms with Gasteiger partial charge in [0.05, 0.1) is 5.56 Å². The Labute approximate surface area is 177 Å². The summed E-state index contributed by atoms with van der Waals surface area (Å²) in [4.78, 5) is 37.5. The molecule has 0 atom stereocenters. The second-order valence-electron chi connectivity index (χ2n) is 7.87. The number of pyridine rings is 1. The first kappa shape index (κ1) is 19.3. The van der Waals surface area contributed by atoms with Crippen molar-refractivity contribution in [1.82, 2.24) is 15.0 Å². The zero-order chi connectivity index (χ0) is 21.4. The summed E-state index contributed by atoms with van der Waals surface area (Å²) < 4.78 is 18.8. The van der Waals surface area contributed by atoms with Gasteiger partial charge in [-0.2, -0.15) is 0 Å². The van der Waals surface area contributed by atoms with Crippen molar-refractivity contribution in [3.05, 3.63) is 72.1 Å². The van der Waals surface area contributed by atoms with Crippen LogP contribution in [0.2, 0.25) is 0 Å². The summed E-state index contributed by atoms with van der Waals surface area (Å²) in [6.07, 6.45) is 8.76. The van der Waals surface area contributed by atoms with Crippen LogP contribution in [0.25, 0.3) is 11.1 Å². The van der Waals surface area contributed by atoms with E-state index in [-0.39, 0.29) is 29.6 Å². The summed E-state index contributed by atoms with van der Waals surface area (Å²) in [6, 6.07) is 7.72. The number of hydrogen-bond donors (Lipinski definition) is 1. The van der Waals surface area contributed by atoms with Gasteiger partial charge in [-0.05, 0) is 49.4 Å². The van der Waals surface area contributed by atoms with E-state index in [4.69, 9.17) is 4.74 Å². The maximum absolute atomic E-state index is 13.1. The lowest BCUT2D eigenvalue weighted by Gasteiger charge is -2.35. The Hall–Kier alpha value is -3.68. The van der Waals surface area contributed by atoms with E-state index < -0.39 is 5.60 Å². The molecule has 1 aliphatic heterocycles. The van der Waals surface area contributed by atoms with Crippen molar-refractivity contribution in [3.8, 4) is 11.1 Å². The van der Waals surface area contributed by atoms with Crippen molar-refractivity contribution in [1.29, 1.82) is 0 Å². The maximum Gasteiger partial charge on any atom is 0.339 e. The van der Waals surface area contributed by atoms with Gasteiger partial charge in [-0.15, -0.1) is 0 Å². The molecule has 8 heteroatoms. The fourth-order valence-electron chi connectivity index (χ4n) is 4.34. The van der Waals surface area contributed by atoms with E-state index in [9.17, 15) is 14.0 Å². The van der Waals surface area contributed by atoms with E-state index in [1.807, 2.05) is 0 Å². The third-order valence-corrected chi connectivity index (χ3v) is 6.05. The molecule has 3 aromatic rings. The monoisotopic (exact) mass is 418 g/mol. The lowest BCUT2D eigenvalue weighted by molar-refractivity contribution is -0.122. The molecule has 1 saturated carbocycles. The average Bonchev–Trinajstić information content (AvgIpc) is 3.07. The minimum atomic E-state index is -0.676. The number of carbonyl (C=O) groups is 2. The molecule has 1 fully saturated rings. The van der Waals surface area contributed by atoms with Crippen LogP contribution < -0.4 is 5.32 Å². The molecular formula is C23H19FN4O3. The first-order valence-electron chi connectivity index (χ1n) is 10.1. The standard InChI is InChI=1S/C23H19FN4O3/c24-17-3-1-14(2-4-17)16-11-26-22(27-12-16)28-20(29)15-5-8-23(9-6-15)19-13-25-10-7-18(19)21(30)31-23/h1-4,7,10-13,15H,5-6,8-9H2,(H,26,27,28,29). The fraction of sp³-hybridized carbons (Fsp3) is 0.261. The predicted molar refractivity (Wildman–Crippen MR) is 109 cm³/mol. The Bertz CT molecular complexity index is 1140. The van der Waals surface area contributed by atoms with Gasteiger partial charge in [-0.3, -0.25) is 15.1 Å². The highest BCUT2D eigenvalue weighted by molar-refractivity contribution is 5.95. The first-order chi connectivity index (χ1) is 15.0. The van der Waals surface area contributed by atoms with Crippen LogP contribution in [-0.4, -0.2) is 26.8 Å². The van der Waals surface area contributed by atoms with Gasteiger partial charge >= 0.3 is 5.97 Å². The number of anilines is 1. The summed E-state index contributed by atoms with van der Waals surface area (Å²) in [6.45, 7) is 0. The first-order valence-corrected chi connectivity index (χ1v) is 10.1. The molecular weight excluding hydrogens is 399 g/mol. The van der Waals surface area contributed by atoms with Gasteiger partial charge < -0.3 is 4.74 Å². The van der Waals surface area contributed by atoms with Gasteiger partial charge in [-0.25, -0.2) is 19.2 Å². The molecule has 0 unspecified atom stereocenters. The molecule has 1 N–H and O–H groups in total. The molecule has 2 aromatic heterocycles. The lowest BCUT2D eigenvalue weighted by atomic mass is 9.75. The average molecular weight is 418 g/mol. The molecule has 0 bridgehead atoms. The number of aromatic nitrogens is 3. The zero-order valence-electron chi connectivity index (χ0n) is 16.5. The van der Waals surface area contributed by atoms with E-state index in [1.54, 1.807) is 43.0 Å². The Balaban J connectivity index is 1.23. The van der Waals surface area contributed by atoms with Crippen molar-refractivity contribution in [2.75, 3.05) is 5.32 Å². The molecule has 31 heavy (non-hydrogen) atoms. The predicted octanol–water partition coefficient (Wildman–Crippen LogP) is 3.87. The van der Waals surface area contributed by atoms with Crippen LogP contribution in [0.1, 0.15) is 41.6 Å². The molecule has 7 nitrogen and oxygen atoms in total. The number of benzene rings is 1. The normalized spacial score (nSPS) is 22.1. The zero-order valence-corrected chi connectivity index (χ0v) is 16.5. The number of hydrogen-bond acceptors (Lipinski definition) is 6. The van der Waals surface area contributed by atoms with E-state index in [0.29, 0.717) is 31.2 Å². The Morgan fingerprint density at radius 1 is 1.03 bits per heavy atom. The van der Waals surface area contributed by atoms with Crippen LogP contribution in [0.3, 0.4) is 0 Å². The number of fused-ring (bicyclic) bond motifs is 2. The molecule has 2 aliphatic rings. The molecule has 1 aromatic carbocycles. The number of halogens is 1. The maximum atomic E-state index is 13.1.